The number of aromatic nitrogens is 4. The Hall–Kier alpha value is -2.62. The third kappa shape index (κ3) is 2.84. The van der Waals surface area contributed by atoms with Gasteiger partial charge >= 0.3 is 8.05 Å². The van der Waals surface area contributed by atoms with Gasteiger partial charge in [0.1, 0.15) is 11.9 Å². The first kappa shape index (κ1) is 16.8. The lowest BCUT2D eigenvalue weighted by molar-refractivity contribution is 0.523. The lowest BCUT2D eigenvalue weighted by Crippen LogP contribution is -2.10. The molecule has 0 N–H and O–H groups in total. The Morgan fingerprint density at radius 2 is 1.57 bits per heavy atom. The summed E-state index contributed by atoms with van der Waals surface area (Å²) in [4.78, 5) is 13.2. The molecular formula is C16H18BN5O. The summed E-state index contributed by atoms with van der Waals surface area (Å²) in [6.45, 7) is 11.3. The Morgan fingerprint density at radius 3 is 1.96 bits per heavy atom. The molecule has 0 aliphatic rings. The van der Waals surface area contributed by atoms with Gasteiger partial charge in [-0.3, -0.25) is 4.57 Å². The van der Waals surface area contributed by atoms with E-state index in [-0.39, 0.29) is 11.5 Å². The Labute approximate surface area is 137 Å². The van der Waals surface area contributed by atoms with E-state index in [1.54, 1.807) is 4.57 Å². The van der Waals surface area contributed by atoms with E-state index in [0.717, 1.165) is 28.3 Å². The second-order valence-electron chi connectivity index (χ2n) is 5.42. The molecule has 0 unspecified atom stereocenters. The zero-order valence-corrected chi connectivity index (χ0v) is 14.2. The Balaban J connectivity index is 2.79. The minimum Gasteiger partial charge on any atom is -0.555 e. The van der Waals surface area contributed by atoms with Crippen LogP contribution in [0.5, 0.6) is 0 Å². The van der Waals surface area contributed by atoms with Gasteiger partial charge in [0.25, 0.3) is 0 Å². The van der Waals surface area contributed by atoms with E-state index in [0.29, 0.717) is 11.6 Å². The van der Waals surface area contributed by atoms with Crippen LogP contribution >= 0.6 is 0 Å². The highest BCUT2D eigenvalue weighted by molar-refractivity contribution is 6.03. The van der Waals surface area contributed by atoms with Crippen LogP contribution in [0.15, 0.2) is 0 Å². The second-order valence-corrected chi connectivity index (χ2v) is 5.42. The van der Waals surface area contributed by atoms with Crippen molar-refractivity contribution in [1.29, 1.82) is 5.26 Å². The van der Waals surface area contributed by atoms with Gasteiger partial charge in [0.15, 0.2) is 11.4 Å². The molecule has 0 spiro atoms. The molecule has 0 fully saturated rings. The molecule has 6 nitrogen and oxygen atoms in total. The molecule has 7 heteroatoms. The van der Waals surface area contributed by atoms with Gasteiger partial charge in [0.2, 0.25) is 5.88 Å². The molecule has 2 aromatic heterocycles. The summed E-state index contributed by atoms with van der Waals surface area (Å²) in [5.41, 5.74) is 4.47. The molecule has 0 saturated carbocycles. The van der Waals surface area contributed by atoms with E-state index in [1.165, 1.54) is 0 Å². The normalized spacial score (nSPS) is 11.9. The molecule has 0 aromatic carbocycles. The van der Waals surface area contributed by atoms with E-state index in [9.17, 15) is 5.26 Å². The molecule has 23 heavy (non-hydrogen) atoms. The van der Waals surface area contributed by atoms with Crippen LogP contribution in [-0.4, -0.2) is 27.6 Å². The maximum absolute atomic E-state index is 9.62. The number of rotatable bonds is 3. The number of imidazole rings is 1. The highest BCUT2D eigenvalue weighted by atomic mass is 16.4. The van der Waals surface area contributed by atoms with E-state index in [4.69, 9.17) is 12.7 Å². The molecule has 116 valence electrons. The van der Waals surface area contributed by atoms with Crippen molar-refractivity contribution in [2.75, 3.05) is 0 Å². The molecule has 2 rings (SSSR count). The number of nitrogens with zero attached hydrogens (tertiary/aromatic N) is 5. The van der Waals surface area contributed by atoms with E-state index >= 15 is 0 Å². The molecule has 0 aliphatic heterocycles. The number of hydrogen-bond donors (Lipinski definition) is 0. The number of allylic oxidation sites excluding steroid dienone is 1. The zero-order valence-electron chi connectivity index (χ0n) is 14.2. The van der Waals surface area contributed by atoms with Crippen molar-refractivity contribution in [3.8, 4) is 6.07 Å². The topological polar surface area (TPSA) is 76.6 Å². The molecule has 2 radical (unpaired) electrons. The largest absolute Gasteiger partial charge is 0.555 e. The molecule has 0 atom stereocenters. The van der Waals surface area contributed by atoms with Crippen LogP contribution in [0, 0.1) is 52.9 Å². The van der Waals surface area contributed by atoms with Crippen molar-refractivity contribution in [1.82, 2.24) is 19.5 Å². The summed E-state index contributed by atoms with van der Waals surface area (Å²) < 4.78 is 6.73. The zero-order chi connectivity index (χ0) is 17.3. The minimum atomic E-state index is 0.169. The van der Waals surface area contributed by atoms with Crippen LogP contribution in [0.2, 0.25) is 0 Å². The van der Waals surface area contributed by atoms with Gasteiger partial charge in [-0.2, -0.15) is 5.26 Å². The van der Waals surface area contributed by atoms with Gasteiger partial charge in [-0.25, -0.2) is 15.0 Å². The molecule has 2 aromatic rings. The smallest absolute Gasteiger partial charge is 0.376 e. The first-order valence-corrected chi connectivity index (χ1v) is 7.18. The quantitative estimate of drug-likeness (QED) is 0.494. The number of aryl methyl sites for hydroxylation is 4. The van der Waals surface area contributed by atoms with Crippen LogP contribution in [0.4, 0.5) is 0 Å². The summed E-state index contributed by atoms with van der Waals surface area (Å²) in [5.74, 6) is 1.14. The summed E-state index contributed by atoms with van der Waals surface area (Å²) in [6, 6.07) is 2.11. The maximum atomic E-state index is 9.62. The summed E-state index contributed by atoms with van der Waals surface area (Å²) in [6.07, 6.45) is 0. The average Bonchev–Trinajstić information content (AvgIpc) is 2.75. The van der Waals surface area contributed by atoms with Crippen LogP contribution in [0.1, 0.15) is 40.0 Å². The highest BCUT2D eigenvalue weighted by Gasteiger charge is 2.20. The predicted molar refractivity (Wildman–Crippen MR) is 88.2 cm³/mol. The lowest BCUT2D eigenvalue weighted by atomic mass is 10.1. The Bertz CT molecular complexity index is 822. The molecule has 2 heterocycles. The predicted octanol–water partition coefficient (Wildman–Crippen LogP) is 2.47. The van der Waals surface area contributed by atoms with E-state index in [1.807, 2.05) is 41.5 Å². The molecule has 0 saturated heterocycles. The third-order valence-electron chi connectivity index (χ3n) is 4.01. The second kappa shape index (κ2) is 6.25. The van der Waals surface area contributed by atoms with E-state index in [2.05, 4.69) is 21.0 Å². The average molecular weight is 307 g/mol. The summed E-state index contributed by atoms with van der Waals surface area (Å²) in [5, 5.41) is 9.62. The Morgan fingerprint density at radius 1 is 1.00 bits per heavy atom. The van der Waals surface area contributed by atoms with Crippen molar-refractivity contribution in [2.45, 2.75) is 41.5 Å². The Kier molecular flexibility index (Phi) is 4.55. The van der Waals surface area contributed by atoms with Crippen LogP contribution in [0.25, 0.3) is 11.5 Å². The minimum absolute atomic E-state index is 0.169. The fourth-order valence-corrected chi connectivity index (χ4v) is 2.38. The standard InChI is InChI=1S/C16H18BN5O/c1-8-9(2)20-15(21-10(8)3)14(7-18)16(23-17)22-12(5)11(4)19-13(22)6/h1-6H3. The molecule has 0 aliphatic carbocycles. The van der Waals surface area contributed by atoms with Gasteiger partial charge in [-0.05, 0) is 47.1 Å². The van der Waals surface area contributed by atoms with Crippen LogP contribution in [0.3, 0.4) is 0 Å². The van der Waals surface area contributed by atoms with Crippen molar-refractivity contribution in [3.63, 3.8) is 0 Å². The fourth-order valence-electron chi connectivity index (χ4n) is 2.38. The summed E-state index contributed by atoms with van der Waals surface area (Å²) in [7, 11) is 5.46. The molecule has 0 amide bonds. The van der Waals surface area contributed by atoms with Gasteiger partial charge < -0.3 is 4.65 Å². The van der Waals surface area contributed by atoms with Crippen LogP contribution < -0.4 is 0 Å². The van der Waals surface area contributed by atoms with Gasteiger partial charge in [-0.15, -0.1) is 0 Å². The lowest BCUT2D eigenvalue weighted by Gasteiger charge is -2.15. The van der Waals surface area contributed by atoms with Crippen molar-refractivity contribution >= 4 is 19.5 Å². The number of nitriles is 1. The SMILES string of the molecule is [B]OC(=C(C#N)c1nc(C)c(C)c(C)n1)n1c(C)nc(C)c1C. The van der Waals surface area contributed by atoms with E-state index < -0.39 is 0 Å². The monoisotopic (exact) mass is 307 g/mol. The van der Waals surface area contributed by atoms with Gasteiger partial charge in [0, 0.05) is 17.1 Å². The van der Waals surface area contributed by atoms with Crippen molar-refractivity contribution < 1.29 is 4.65 Å². The first-order valence-electron chi connectivity index (χ1n) is 7.18. The highest BCUT2D eigenvalue weighted by Crippen LogP contribution is 2.25. The molecular weight excluding hydrogens is 289 g/mol. The summed E-state index contributed by atoms with van der Waals surface area (Å²) >= 11 is 0. The van der Waals surface area contributed by atoms with Gasteiger partial charge in [-0.1, -0.05) is 0 Å². The van der Waals surface area contributed by atoms with Crippen molar-refractivity contribution in [3.05, 3.63) is 40.0 Å². The third-order valence-corrected chi connectivity index (χ3v) is 4.01. The fraction of sp³-hybridized carbons (Fsp3) is 0.375. The van der Waals surface area contributed by atoms with Gasteiger partial charge in [0.05, 0.1) is 5.69 Å². The number of hydrogen-bond acceptors (Lipinski definition) is 5. The maximum Gasteiger partial charge on any atom is 0.376 e. The van der Waals surface area contributed by atoms with Crippen molar-refractivity contribution in [2.24, 2.45) is 0 Å². The van der Waals surface area contributed by atoms with Crippen LogP contribution in [-0.2, 0) is 4.65 Å². The first-order chi connectivity index (χ1) is 10.8. The molecule has 0 bridgehead atoms.